The fourth-order valence-corrected chi connectivity index (χ4v) is 2.64. The van der Waals surface area contributed by atoms with E-state index in [1.807, 2.05) is 32.0 Å². The zero-order valence-corrected chi connectivity index (χ0v) is 16.6. The third kappa shape index (κ3) is 5.36. The number of ether oxygens (including phenoxy) is 2. The Bertz CT molecular complexity index is 1040. The molecule has 0 aliphatic carbocycles. The SMILES string of the molecule is Cc1ccc(NC(=O)C(C)Oc2ccc(Oc3ccc(C#N)cc3)cc2)cc1C. The Morgan fingerprint density at radius 3 is 2.07 bits per heavy atom. The molecule has 3 rings (SSSR count). The molecule has 0 aromatic heterocycles. The van der Waals surface area contributed by atoms with Gasteiger partial charge in [0, 0.05) is 5.69 Å². The molecular weight excluding hydrogens is 364 g/mol. The van der Waals surface area contributed by atoms with Gasteiger partial charge in [-0.3, -0.25) is 4.79 Å². The van der Waals surface area contributed by atoms with Crippen molar-refractivity contribution in [2.45, 2.75) is 26.9 Å². The van der Waals surface area contributed by atoms with Gasteiger partial charge in [-0.15, -0.1) is 0 Å². The molecule has 3 aromatic rings. The number of carbonyl (C=O) groups is 1. The van der Waals surface area contributed by atoms with Crippen LogP contribution in [-0.2, 0) is 4.79 Å². The molecule has 0 spiro atoms. The minimum Gasteiger partial charge on any atom is -0.481 e. The Labute approximate surface area is 170 Å². The zero-order chi connectivity index (χ0) is 20.8. The van der Waals surface area contributed by atoms with E-state index in [1.54, 1.807) is 55.5 Å². The summed E-state index contributed by atoms with van der Waals surface area (Å²) >= 11 is 0. The third-order valence-corrected chi connectivity index (χ3v) is 4.50. The second-order valence-corrected chi connectivity index (χ2v) is 6.76. The normalized spacial score (nSPS) is 11.2. The Morgan fingerprint density at radius 1 is 0.897 bits per heavy atom. The van der Waals surface area contributed by atoms with Crippen LogP contribution in [0.5, 0.6) is 17.2 Å². The van der Waals surface area contributed by atoms with Crippen LogP contribution in [0.15, 0.2) is 66.7 Å². The maximum Gasteiger partial charge on any atom is 0.265 e. The van der Waals surface area contributed by atoms with E-state index in [9.17, 15) is 4.79 Å². The van der Waals surface area contributed by atoms with Crippen LogP contribution >= 0.6 is 0 Å². The highest BCUT2D eigenvalue weighted by molar-refractivity contribution is 5.94. The smallest absolute Gasteiger partial charge is 0.265 e. The average molecular weight is 386 g/mol. The lowest BCUT2D eigenvalue weighted by Crippen LogP contribution is -2.30. The summed E-state index contributed by atoms with van der Waals surface area (Å²) in [4.78, 5) is 12.4. The van der Waals surface area contributed by atoms with E-state index < -0.39 is 6.10 Å². The Kier molecular flexibility index (Phi) is 6.16. The number of hydrogen-bond acceptors (Lipinski definition) is 4. The maximum absolute atomic E-state index is 12.4. The number of amides is 1. The van der Waals surface area contributed by atoms with Crippen molar-refractivity contribution < 1.29 is 14.3 Å². The van der Waals surface area contributed by atoms with E-state index in [4.69, 9.17) is 14.7 Å². The highest BCUT2D eigenvalue weighted by Gasteiger charge is 2.15. The molecule has 0 aliphatic heterocycles. The number of nitriles is 1. The van der Waals surface area contributed by atoms with Gasteiger partial charge in [0.1, 0.15) is 17.2 Å². The topological polar surface area (TPSA) is 71.3 Å². The molecule has 5 heteroatoms. The van der Waals surface area contributed by atoms with Crippen LogP contribution < -0.4 is 14.8 Å². The van der Waals surface area contributed by atoms with Gasteiger partial charge in [-0.05, 0) is 92.6 Å². The highest BCUT2D eigenvalue weighted by atomic mass is 16.5. The van der Waals surface area contributed by atoms with Gasteiger partial charge in [-0.1, -0.05) is 6.07 Å². The predicted octanol–water partition coefficient (Wildman–Crippen LogP) is 5.37. The standard InChI is InChI=1S/C24H22N2O3/c1-16-4-7-20(14-17(16)2)26-24(27)18(3)28-21-10-12-23(13-11-21)29-22-8-5-19(15-25)6-9-22/h4-14,18H,1-3H3,(H,26,27). The first-order valence-corrected chi connectivity index (χ1v) is 9.27. The van der Waals surface area contributed by atoms with Gasteiger partial charge in [0.25, 0.3) is 5.91 Å². The summed E-state index contributed by atoms with van der Waals surface area (Å²) in [5.74, 6) is 1.62. The molecule has 1 atom stereocenters. The van der Waals surface area contributed by atoms with Gasteiger partial charge in [0.2, 0.25) is 0 Å². The first-order valence-electron chi connectivity index (χ1n) is 9.27. The van der Waals surface area contributed by atoms with Crippen LogP contribution in [0, 0.1) is 25.2 Å². The second kappa shape index (κ2) is 8.94. The number of hydrogen-bond donors (Lipinski definition) is 1. The van der Waals surface area contributed by atoms with Crippen LogP contribution in [0.2, 0.25) is 0 Å². The summed E-state index contributed by atoms with van der Waals surface area (Å²) < 4.78 is 11.5. The molecule has 0 saturated heterocycles. The second-order valence-electron chi connectivity index (χ2n) is 6.76. The zero-order valence-electron chi connectivity index (χ0n) is 16.6. The third-order valence-electron chi connectivity index (χ3n) is 4.50. The molecule has 0 aliphatic rings. The molecule has 1 N–H and O–H groups in total. The first kappa shape index (κ1) is 20.0. The fraction of sp³-hybridized carbons (Fsp3) is 0.167. The number of anilines is 1. The molecule has 1 unspecified atom stereocenters. The summed E-state index contributed by atoms with van der Waals surface area (Å²) in [5.41, 5.74) is 3.62. The molecule has 146 valence electrons. The number of aryl methyl sites for hydroxylation is 2. The van der Waals surface area contributed by atoms with Crippen molar-refractivity contribution in [3.8, 4) is 23.3 Å². The lowest BCUT2D eigenvalue weighted by atomic mass is 10.1. The van der Waals surface area contributed by atoms with Crippen molar-refractivity contribution in [3.63, 3.8) is 0 Å². The predicted molar refractivity (Wildman–Crippen MR) is 112 cm³/mol. The van der Waals surface area contributed by atoms with E-state index >= 15 is 0 Å². The fourth-order valence-electron chi connectivity index (χ4n) is 2.64. The maximum atomic E-state index is 12.4. The number of nitrogens with zero attached hydrogens (tertiary/aromatic N) is 1. The molecule has 0 bridgehead atoms. The van der Waals surface area contributed by atoms with E-state index in [0.29, 0.717) is 22.8 Å². The molecular formula is C24H22N2O3. The average Bonchev–Trinajstić information content (AvgIpc) is 2.72. The molecule has 0 fully saturated rings. The molecule has 0 saturated carbocycles. The lowest BCUT2D eigenvalue weighted by molar-refractivity contribution is -0.122. The van der Waals surface area contributed by atoms with Gasteiger partial charge in [-0.2, -0.15) is 5.26 Å². The van der Waals surface area contributed by atoms with Gasteiger partial charge >= 0.3 is 0 Å². The van der Waals surface area contributed by atoms with Crippen LogP contribution in [0.25, 0.3) is 0 Å². The van der Waals surface area contributed by atoms with Crippen LogP contribution in [0.1, 0.15) is 23.6 Å². The minimum absolute atomic E-state index is 0.217. The van der Waals surface area contributed by atoms with Gasteiger partial charge in [0.05, 0.1) is 11.6 Å². The van der Waals surface area contributed by atoms with Crippen molar-refractivity contribution in [2.24, 2.45) is 0 Å². The highest BCUT2D eigenvalue weighted by Crippen LogP contribution is 2.25. The van der Waals surface area contributed by atoms with E-state index in [1.165, 1.54) is 5.56 Å². The van der Waals surface area contributed by atoms with Crippen LogP contribution in [0.3, 0.4) is 0 Å². The number of nitrogens with one attached hydrogen (secondary N) is 1. The monoisotopic (exact) mass is 386 g/mol. The Morgan fingerprint density at radius 2 is 1.48 bits per heavy atom. The van der Waals surface area contributed by atoms with Gasteiger partial charge in [-0.25, -0.2) is 0 Å². The molecule has 29 heavy (non-hydrogen) atoms. The van der Waals surface area contributed by atoms with Crippen molar-refractivity contribution in [3.05, 3.63) is 83.4 Å². The van der Waals surface area contributed by atoms with Crippen molar-refractivity contribution in [1.82, 2.24) is 0 Å². The van der Waals surface area contributed by atoms with Crippen molar-refractivity contribution >= 4 is 11.6 Å². The van der Waals surface area contributed by atoms with E-state index in [-0.39, 0.29) is 5.91 Å². The number of rotatable bonds is 6. The summed E-state index contributed by atoms with van der Waals surface area (Å²) in [6, 6.07) is 21.8. The first-order chi connectivity index (χ1) is 13.9. The van der Waals surface area contributed by atoms with Crippen LogP contribution in [-0.4, -0.2) is 12.0 Å². The summed E-state index contributed by atoms with van der Waals surface area (Å²) in [6.45, 7) is 5.74. The molecule has 3 aromatic carbocycles. The van der Waals surface area contributed by atoms with Crippen molar-refractivity contribution in [2.75, 3.05) is 5.32 Å². The lowest BCUT2D eigenvalue weighted by Gasteiger charge is -2.15. The van der Waals surface area contributed by atoms with Crippen molar-refractivity contribution in [1.29, 1.82) is 5.26 Å². The molecule has 5 nitrogen and oxygen atoms in total. The Balaban J connectivity index is 1.57. The largest absolute Gasteiger partial charge is 0.481 e. The van der Waals surface area contributed by atoms with E-state index in [0.717, 1.165) is 11.3 Å². The summed E-state index contributed by atoms with van der Waals surface area (Å²) in [5, 5.41) is 11.7. The number of carbonyl (C=O) groups excluding carboxylic acids is 1. The number of benzene rings is 3. The molecule has 0 radical (unpaired) electrons. The van der Waals surface area contributed by atoms with Crippen LogP contribution in [0.4, 0.5) is 5.69 Å². The quantitative estimate of drug-likeness (QED) is 0.618. The van der Waals surface area contributed by atoms with E-state index in [2.05, 4.69) is 11.4 Å². The Hall–Kier alpha value is -3.78. The molecule has 1 amide bonds. The van der Waals surface area contributed by atoms with Gasteiger partial charge in [0.15, 0.2) is 6.10 Å². The minimum atomic E-state index is -0.651. The summed E-state index contributed by atoms with van der Waals surface area (Å²) in [7, 11) is 0. The molecule has 0 heterocycles. The van der Waals surface area contributed by atoms with Gasteiger partial charge < -0.3 is 14.8 Å². The summed E-state index contributed by atoms with van der Waals surface area (Å²) in [6.07, 6.45) is -0.651.